The number of hydrogen-bond donors (Lipinski definition) is 2. The summed E-state index contributed by atoms with van der Waals surface area (Å²) >= 11 is 0. The Labute approximate surface area is 147 Å². The van der Waals surface area contributed by atoms with Gasteiger partial charge in [-0.2, -0.15) is 0 Å². The molecule has 3 N–H and O–H groups in total. The number of nitrogens with two attached hydrogens (primary N) is 1. The van der Waals surface area contributed by atoms with Gasteiger partial charge in [-0.05, 0) is 23.8 Å². The molecule has 7 heteroatoms. The molecule has 0 atom stereocenters. The van der Waals surface area contributed by atoms with Gasteiger partial charge in [-0.3, -0.25) is 5.41 Å². The minimum atomic E-state index is 0. The summed E-state index contributed by atoms with van der Waals surface area (Å²) in [6, 6.07) is 15.8. The summed E-state index contributed by atoms with van der Waals surface area (Å²) in [6.45, 7) is 0.724. The average molecular weight is 360 g/mol. The minimum absolute atomic E-state index is 0. The summed E-state index contributed by atoms with van der Waals surface area (Å²) in [5.41, 5.74) is 9.47. The maximum atomic E-state index is 7.47. The molecule has 1 aromatic heterocycles. The van der Waals surface area contributed by atoms with Gasteiger partial charge >= 0.3 is 0 Å². The standard InChI is InChI=1S/C15H14N4.3ClH/c16-15(17)12-5-3-4-11(8-12)9-19-10-18-13-6-1-2-7-14(13)19;;;/h1-8,10H,9H2,(H3,16,17);3*1H. The Morgan fingerprint density at radius 3 is 2.50 bits per heavy atom. The fourth-order valence-electron chi connectivity index (χ4n) is 2.17. The Morgan fingerprint density at radius 1 is 1.05 bits per heavy atom. The van der Waals surface area contributed by atoms with Crippen molar-refractivity contribution in [1.82, 2.24) is 9.55 Å². The van der Waals surface area contributed by atoms with Gasteiger partial charge in [0.25, 0.3) is 0 Å². The van der Waals surface area contributed by atoms with Crippen LogP contribution >= 0.6 is 37.2 Å². The van der Waals surface area contributed by atoms with Gasteiger partial charge in [0.05, 0.1) is 17.4 Å². The number of nitrogens with one attached hydrogen (secondary N) is 1. The van der Waals surface area contributed by atoms with E-state index in [-0.39, 0.29) is 43.1 Å². The molecule has 0 radical (unpaired) electrons. The van der Waals surface area contributed by atoms with E-state index in [2.05, 4.69) is 15.6 Å². The van der Waals surface area contributed by atoms with Crippen LogP contribution in [0.2, 0.25) is 0 Å². The van der Waals surface area contributed by atoms with Gasteiger partial charge in [0.15, 0.2) is 0 Å². The molecule has 0 aliphatic heterocycles. The Kier molecular flexibility index (Phi) is 7.95. The van der Waals surface area contributed by atoms with Crippen LogP contribution in [0.4, 0.5) is 0 Å². The zero-order chi connectivity index (χ0) is 13.2. The second-order valence-corrected chi connectivity index (χ2v) is 4.48. The van der Waals surface area contributed by atoms with Crippen LogP contribution in [0, 0.1) is 5.41 Å². The zero-order valence-electron chi connectivity index (χ0n) is 11.6. The van der Waals surface area contributed by atoms with Crippen molar-refractivity contribution < 1.29 is 0 Å². The molecule has 0 aliphatic carbocycles. The van der Waals surface area contributed by atoms with E-state index < -0.39 is 0 Å². The largest absolute Gasteiger partial charge is 0.384 e. The summed E-state index contributed by atoms with van der Waals surface area (Å²) in [4.78, 5) is 4.37. The highest BCUT2D eigenvalue weighted by atomic mass is 35.5. The first-order chi connectivity index (χ1) is 9.24. The lowest BCUT2D eigenvalue weighted by atomic mass is 10.1. The van der Waals surface area contributed by atoms with Gasteiger partial charge in [-0.15, -0.1) is 37.2 Å². The molecule has 0 unspecified atom stereocenters. The van der Waals surface area contributed by atoms with Crippen molar-refractivity contribution in [3.63, 3.8) is 0 Å². The maximum Gasteiger partial charge on any atom is 0.122 e. The molecule has 0 bridgehead atoms. The van der Waals surface area contributed by atoms with Gasteiger partial charge < -0.3 is 10.3 Å². The first-order valence-electron chi connectivity index (χ1n) is 6.07. The van der Waals surface area contributed by atoms with Crippen LogP contribution in [0.5, 0.6) is 0 Å². The van der Waals surface area contributed by atoms with E-state index in [0.717, 1.165) is 28.7 Å². The summed E-state index contributed by atoms with van der Waals surface area (Å²) in [5.74, 6) is 0.0948. The smallest absolute Gasteiger partial charge is 0.122 e. The Bertz CT molecular complexity index is 755. The normalized spacial score (nSPS) is 9.27. The molecular formula is C15H17Cl3N4. The topological polar surface area (TPSA) is 67.7 Å². The molecule has 0 spiro atoms. The van der Waals surface area contributed by atoms with Crippen LogP contribution in [0.25, 0.3) is 11.0 Å². The third-order valence-corrected chi connectivity index (χ3v) is 3.12. The maximum absolute atomic E-state index is 7.47. The van der Waals surface area contributed by atoms with Crippen LogP contribution < -0.4 is 5.73 Å². The van der Waals surface area contributed by atoms with E-state index in [4.69, 9.17) is 11.1 Å². The number of hydrogen-bond acceptors (Lipinski definition) is 2. The Balaban J connectivity index is 0.00000147. The van der Waals surface area contributed by atoms with Crippen LogP contribution in [0.15, 0.2) is 54.9 Å². The zero-order valence-corrected chi connectivity index (χ0v) is 14.0. The van der Waals surface area contributed by atoms with E-state index in [0.29, 0.717) is 0 Å². The first kappa shape index (κ1) is 20.2. The van der Waals surface area contributed by atoms with Crippen molar-refractivity contribution in [2.24, 2.45) is 5.73 Å². The highest BCUT2D eigenvalue weighted by Gasteiger charge is 2.03. The SMILES string of the molecule is Cl.Cl.Cl.N=C(N)c1cccc(Cn2cnc3ccccc32)c1. The summed E-state index contributed by atoms with van der Waals surface area (Å²) in [5, 5.41) is 7.47. The number of para-hydroxylation sites is 2. The van der Waals surface area contributed by atoms with E-state index in [1.165, 1.54) is 0 Å². The summed E-state index contributed by atoms with van der Waals surface area (Å²) < 4.78 is 2.09. The van der Waals surface area contributed by atoms with Crippen LogP contribution in [-0.4, -0.2) is 15.4 Å². The molecule has 4 nitrogen and oxygen atoms in total. The number of fused-ring (bicyclic) bond motifs is 1. The Hall–Kier alpha value is -1.75. The van der Waals surface area contributed by atoms with E-state index in [1.807, 2.05) is 48.8 Å². The predicted octanol–water partition coefficient (Wildman–Crippen LogP) is 3.63. The van der Waals surface area contributed by atoms with Crippen molar-refractivity contribution in [3.05, 3.63) is 66.0 Å². The molecule has 0 amide bonds. The molecule has 3 aromatic rings. The van der Waals surface area contributed by atoms with Crippen LogP contribution in [0.3, 0.4) is 0 Å². The number of rotatable bonds is 3. The quantitative estimate of drug-likeness (QED) is 0.554. The van der Waals surface area contributed by atoms with Crippen LogP contribution in [-0.2, 0) is 6.54 Å². The van der Waals surface area contributed by atoms with Crippen molar-refractivity contribution in [2.45, 2.75) is 6.54 Å². The molecule has 3 rings (SSSR count). The number of imidazole rings is 1. The third-order valence-electron chi connectivity index (χ3n) is 3.12. The van der Waals surface area contributed by atoms with Gasteiger partial charge in [0.2, 0.25) is 0 Å². The second kappa shape index (κ2) is 8.63. The van der Waals surface area contributed by atoms with Gasteiger partial charge in [-0.25, -0.2) is 4.98 Å². The van der Waals surface area contributed by atoms with E-state index in [1.54, 1.807) is 0 Å². The molecule has 1 heterocycles. The molecule has 22 heavy (non-hydrogen) atoms. The summed E-state index contributed by atoms with van der Waals surface area (Å²) in [7, 11) is 0. The lowest BCUT2D eigenvalue weighted by molar-refractivity contribution is 0.824. The molecule has 0 saturated carbocycles. The average Bonchev–Trinajstić information content (AvgIpc) is 2.83. The van der Waals surface area contributed by atoms with E-state index in [9.17, 15) is 0 Å². The van der Waals surface area contributed by atoms with E-state index >= 15 is 0 Å². The molecule has 0 fully saturated rings. The summed E-state index contributed by atoms with van der Waals surface area (Å²) in [6.07, 6.45) is 1.84. The van der Waals surface area contributed by atoms with Crippen LogP contribution in [0.1, 0.15) is 11.1 Å². The molecule has 118 valence electrons. The van der Waals surface area contributed by atoms with Crippen molar-refractivity contribution >= 4 is 54.1 Å². The second-order valence-electron chi connectivity index (χ2n) is 4.48. The predicted molar refractivity (Wildman–Crippen MR) is 98.0 cm³/mol. The number of nitrogen functional groups attached to an aromatic ring is 1. The van der Waals surface area contributed by atoms with Gasteiger partial charge in [0, 0.05) is 12.1 Å². The fourth-order valence-corrected chi connectivity index (χ4v) is 2.17. The van der Waals surface area contributed by atoms with Crippen molar-refractivity contribution in [2.75, 3.05) is 0 Å². The van der Waals surface area contributed by atoms with Gasteiger partial charge in [0.1, 0.15) is 5.84 Å². The number of aromatic nitrogens is 2. The monoisotopic (exact) mass is 358 g/mol. The Morgan fingerprint density at radius 2 is 1.77 bits per heavy atom. The van der Waals surface area contributed by atoms with Crippen molar-refractivity contribution in [1.29, 1.82) is 5.41 Å². The van der Waals surface area contributed by atoms with Gasteiger partial charge in [-0.1, -0.05) is 30.3 Å². The highest BCUT2D eigenvalue weighted by Crippen LogP contribution is 2.14. The first-order valence-corrected chi connectivity index (χ1v) is 6.07. The molecular weight excluding hydrogens is 343 g/mol. The number of amidine groups is 1. The lowest BCUT2D eigenvalue weighted by Crippen LogP contribution is -2.11. The third kappa shape index (κ3) is 4.13. The fraction of sp³-hybridized carbons (Fsp3) is 0.0667. The molecule has 0 aliphatic rings. The number of nitrogens with zero attached hydrogens (tertiary/aromatic N) is 2. The number of benzene rings is 2. The lowest BCUT2D eigenvalue weighted by Gasteiger charge is -2.06. The van der Waals surface area contributed by atoms with Crippen molar-refractivity contribution in [3.8, 4) is 0 Å². The number of halogens is 3. The molecule has 0 saturated heterocycles. The molecule has 2 aromatic carbocycles. The highest BCUT2D eigenvalue weighted by molar-refractivity contribution is 5.95. The minimum Gasteiger partial charge on any atom is -0.384 e.